The van der Waals surface area contributed by atoms with Gasteiger partial charge in [-0.3, -0.25) is 4.90 Å². The number of ether oxygens (including phenoxy) is 1. The van der Waals surface area contributed by atoms with E-state index in [0.717, 1.165) is 19.3 Å². The number of thiophene rings is 2. The molecule has 2 rings (SSSR count). The van der Waals surface area contributed by atoms with Crippen molar-refractivity contribution in [2.24, 2.45) is 0 Å². The molecule has 6 heteroatoms. The molecule has 2 aromatic rings. The van der Waals surface area contributed by atoms with Crippen LogP contribution in [0.4, 0.5) is 4.79 Å². The molecule has 0 saturated heterocycles. The zero-order valence-electron chi connectivity index (χ0n) is 14.4. The van der Waals surface area contributed by atoms with E-state index in [1.165, 1.54) is 9.75 Å². The molecule has 24 heavy (non-hydrogen) atoms. The Morgan fingerprint density at radius 3 is 2.29 bits per heavy atom. The average molecular weight is 367 g/mol. The Bertz CT molecular complexity index is 534. The van der Waals surface area contributed by atoms with Crippen molar-refractivity contribution in [3.8, 4) is 0 Å². The van der Waals surface area contributed by atoms with Gasteiger partial charge in [0.15, 0.2) is 0 Å². The maximum atomic E-state index is 12.6. The molecule has 0 aliphatic heterocycles. The van der Waals surface area contributed by atoms with Crippen LogP contribution in [0.1, 0.15) is 35.9 Å². The minimum Gasteiger partial charge on any atom is -0.448 e. The summed E-state index contributed by atoms with van der Waals surface area (Å²) in [6.45, 7) is 3.77. The lowest BCUT2D eigenvalue weighted by molar-refractivity contribution is 0.0882. The molecule has 0 unspecified atom stereocenters. The minimum atomic E-state index is -0.242. The van der Waals surface area contributed by atoms with Gasteiger partial charge in [-0.2, -0.15) is 0 Å². The third-order valence-electron chi connectivity index (χ3n) is 3.83. The van der Waals surface area contributed by atoms with Crippen LogP contribution >= 0.6 is 22.7 Å². The van der Waals surface area contributed by atoms with Gasteiger partial charge in [0.05, 0.1) is 13.1 Å². The first-order chi connectivity index (χ1) is 11.7. The number of rotatable bonds is 10. The highest BCUT2D eigenvalue weighted by molar-refractivity contribution is 7.10. The Hall–Kier alpha value is -1.37. The highest BCUT2D eigenvalue weighted by atomic mass is 32.1. The maximum Gasteiger partial charge on any atom is 0.410 e. The first kappa shape index (κ1) is 19.0. The second-order valence-electron chi connectivity index (χ2n) is 5.72. The van der Waals surface area contributed by atoms with Crippen LogP contribution in [0.5, 0.6) is 0 Å². The lowest BCUT2D eigenvalue weighted by Gasteiger charge is -2.23. The Morgan fingerprint density at radius 1 is 1.21 bits per heavy atom. The third-order valence-corrected chi connectivity index (χ3v) is 5.56. The standard InChI is InChI=1S/C18H26N2O2S2/c1-3-4-7-15(19-2)14-22-18(21)20(12-16-8-5-10-23-16)13-17-9-6-11-24-17/h5-6,8-11,15,19H,3-4,7,12-14H2,1-2H3/t15-/m0/s1. The number of hydrogen-bond acceptors (Lipinski definition) is 5. The monoisotopic (exact) mass is 366 g/mol. The number of hydrogen-bond donors (Lipinski definition) is 1. The van der Waals surface area contributed by atoms with E-state index >= 15 is 0 Å². The predicted octanol–water partition coefficient (Wildman–Crippen LogP) is 4.73. The molecule has 132 valence electrons. The third kappa shape index (κ3) is 6.26. The number of carbonyl (C=O) groups excluding carboxylic acids is 1. The van der Waals surface area contributed by atoms with Gasteiger partial charge < -0.3 is 10.1 Å². The molecule has 0 bridgehead atoms. The average Bonchev–Trinajstić information content (AvgIpc) is 3.28. The van der Waals surface area contributed by atoms with Gasteiger partial charge in [-0.15, -0.1) is 22.7 Å². The van der Waals surface area contributed by atoms with E-state index in [4.69, 9.17) is 4.74 Å². The summed E-state index contributed by atoms with van der Waals surface area (Å²) in [4.78, 5) is 16.7. The van der Waals surface area contributed by atoms with Gasteiger partial charge in [-0.1, -0.05) is 31.9 Å². The van der Waals surface area contributed by atoms with Gasteiger partial charge in [-0.05, 0) is 36.4 Å². The van der Waals surface area contributed by atoms with Gasteiger partial charge in [0.2, 0.25) is 0 Å². The molecule has 2 heterocycles. The summed E-state index contributed by atoms with van der Waals surface area (Å²) in [7, 11) is 1.92. The Balaban J connectivity index is 1.93. The molecule has 0 aliphatic carbocycles. The van der Waals surface area contributed by atoms with Crippen molar-refractivity contribution in [1.29, 1.82) is 0 Å². The molecule has 0 fully saturated rings. The predicted molar refractivity (Wildman–Crippen MR) is 102 cm³/mol. The molecule has 0 aliphatic rings. The van der Waals surface area contributed by atoms with Crippen LogP contribution in [-0.2, 0) is 17.8 Å². The lowest BCUT2D eigenvalue weighted by atomic mass is 10.1. The summed E-state index contributed by atoms with van der Waals surface area (Å²) in [5.74, 6) is 0. The summed E-state index contributed by atoms with van der Waals surface area (Å²) in [6, 6.07) is 8.35. The molecule has 0 radical (unpaired) electrons. The zero-order chi connectivity index (χ0) is 17.2. The Kier molecular flexibility index (Phi) is 8.28. The fourth-order valence-corrected chi connectivity index (χ4v) is 3.83. The molecule has 1 N–H and O–H groups in total. The van der Waals surface area contributed by atoms with Gasteiger partial charge >= 0.3 is 6.09 Å². The number of nitrogens with one attached hydrogen (secondary N) is 1. The van der Waals surface area contributed by atoms with Crippen LogP contribution in [0, 0.1) is 0 Å². The largest absolute Gasteiger partial charge is 0.448 e. The summed E-state index contributed by atoms with van der Waals surface area (Å²) >= 11 is 3.33. The Labute approximate surface area is 152 Å². The van der Waals surface area contributed by atoms with Crippen LogP contribution in [0.15, 0.2) is 35.0 Å². The number of nitrogens with zero attached hydrogens (tertiary/aromatic N) is 1. The first-order valence-electron chi connectivity index (χ1n) is 8.36. The molecule has 0 spiro atoms. The van der Waals surface area contributed by atoms with Gasteiger partial charge in [0.25, 0.3) is 0 Å². The van der Waals surface area contributed by atoms with Gasteiger partial charge in [0, 0.05) is 15.8 Å². The summed E-state index contributed by atoms with van der Waals surface area (Å²) in [5.41, 5.74) is 0. The van der Waals surface area contributed by atoms with Crippen molar-refractivity contribution in [3.05, 3.63) is 44.8 Å². The van der Waals surface area contributed by atoms with Crippen molar-refractivity contribution in [1.82, 2.24) is 10.2 Å². The van der Waals surface area contributed by atoms with E-state index in [1.807, 2.05) is 29.9 Å². The molecule has 0 saturated carbocycles. The number of likely N-dealkylation sites (N-methyl/N-ethyl adjacent to an activating group) is 1. The second-order valence-corrected chi connectivity index (χ2v) is 7.78. The van der Waals surface area contributed by atoms with Gasteiger partial charge in [-0.25, -0.2) is 4.79 Å². The van der Waals surface area contributed by atoms with Crippen molar-refractivity contribution in [3.63, 3.8) is 0 Å². The zero-order valence-corrected chi connectivity index (χ0v) is 16.0. The van der Waals surface area contributed by atoms with E-state index in [1.54, 1.807) is 27.6 Å². The fraction of sp³-hybridized carbons (Fsp3) is 0.500. The molecular formula is C18H26N2O2S2. The van der Waals surface area contributed by atoms with E-state index in [2.05, 4.69) is 24.4 Å². The summed E-state index contributed by atoms with van der Waals surface area (Å²) in [6.07, 6.45) is 3.07. The first-order valence-corrected chi connectivity index (χ1v) is 10.1. The quantitative estimate of drug-likeness (QED) is 0.661. The smallest absolute Gasteiger partial charge is 0.410 e. The second kappa shape index (κ2) is 10.5. The maximum absolute atomic E-state index is 12.6. The summed E-state index contributed by atoms with van der Waals surface area (Å²) < 4.78 is 5.59. The fourth-order valence-electron chi connectivity index (χ4n) is 2.39. The van der Waals surface area contributed by atoms with E-state index < -0.39 is 0 Å². The molecule has 2 aromatic heterocycles. The van der Waals surface area contributed by atoms with Crippen molar-refractivity contribution in [2.45, 2.75) is 45.3 Å². The molecule has 0 aromatic carbocycles. The van der Waals surface area contributed by atoms with Crippen molar-refractivity contribution in [2.75, 3.05) is 13.7 Å². The minimum absolute atomic E-state index is 0.222. The van der Waals surface area contributed by atoms with Crippen LogP contribution in [0.3, 0.4) is 0 Å². The molecule has 1 amide bonds. The van der Waals surface area contributed by atoms with Crippen LogP contribution < -0.4 is 5.32 Å². The van der Waals surface area contributed by atoms with Crippen LogP contribution in [-0.4, -0.2) is 30.7 Å². The van der Waals surface area contributed by atoms with Crippen LogP contribution in [0.2, 0.25) is 0 Å². The highest BCUT2D eigenvalue weighted by Gasteiger charge is 2.18. The normalized spacial score (nSPS) is 12.1. The highest BCUT2D eigenvalue weighted by Crippen LogP contribution is 2.18. The van der Waals surface area contributed by atoms with E-state index in [-0.39, 0.29) is 12.1 Å². The number of amides is 1. The van der Waals surface area contributed by atoms with E-state index in [9.17, 15) is 4.79 Å². The van der Waals surface area contributed by atoms with Gasteiger partial charge in [0.1, 0.15) is 6.61 Å². The molecule has 4 nitrogen and oxygen atoms in total. The number of unbranched alkanes of at least 4 members (excludes halogenated alkanes) is 1. The van der Waals surface area contributed by atoms with Crippen LogP contribution in [0.25, 0.3) is 0 Å². The topological polar surface area (TPSA) is 41.6 Å². The lowest BCUT2D eigenvalue weighted by Crippen LogP contribution is -2.36. The SMILES string of the molecule is CCCC[C@@H](COC(=O)N(Cc1cccs1)Cc1cccs1)NC. The number of carbonyl (C=O) groups is 1. The summed E-state index contributed by atoms with van der Waals surface area (Å²) in [5, 5.41) is 7.30. The molecular weight excluding hydrogens is 340 g/mol. The van der Waals surface area contributed by atoms with Crippen molar-refractivity contribution < 1.29 is 9.53 Å². The Morgan fingerprint density at radius 2 is 1.83 bits per heavy atom. The van der Waals surface area contributed by atoms with Crippen molar-refractivity contribution >= 4 is 28.8 Å². The van der Waals surface area contributed by atoms with E-state index in [0.29, 0.717) is 19.7 Å². The molecule has 1 atom stereocenters.